The Labute approximate surface area is 191 Å². The zero-order valence-corrected chi connectivity index (χ0v) is 18.6. The van der Waals surface area contributed by atoms with Crippen LogP contribution in [0.15, 0.2) is 48.7 Å². The average Bonchev–Trinajstić information content (AvgIpc) is 3.09. The molecule has 10 heteroatoms. The molecule has 0 bridgehead atoms. The molecule has 3 nitrogen and oxygen atoms in total. The standard InChI is InChI=1S/C20H17Cl3F3N3S/c21-14-8-16(22)18(17(23)9-14)28-19-27-10-15(30-19)11-29(12-20(24,25)26)7-6-13-4-2-1-3-5-13/h1-5,8-10H,6-7,11-12H2,(H,27,28). The first kappa shape index (κ1) is 23.2. The summed E-state index contributed by atoms with van der Waals surface area (Å²) in [5.41, 5.74) is 1.43. The van der Waals surface area contributed by atoms with Crippen molar-refractivity contribution in [2.24, 2.45) is 0 Å². The molecule has 1 heterocycles. The molecule has 30 heavy (non-hydrogen) atoms. The molecule has 0 amide bonds. The summed E-state index contributed by atoms with van der Waals surface area (Å²) in [6.07, 6.45) is -2.21. The number of alkyl halides is 3. The minimum absolute atomic E-state index is 0.133. The number of hydrogen-bond donors (Lipinski definition) is 1. The van der Waals surface area contributed by atoms with Crippen molar-refractivity contribution in [1.82, 2.24) is 9.88 Å². The SMILES string of the molecule is FC(F)(F)CN(CCc1ccccc1)Cc1cnc(Nc2c(Cl)cc(Cl)cc2Cl)s1. The molecule has 0 radical (unpaired) electrons. The van der Waals surface area contributed by atoms with Gasteiger partial charge in [0.25, 0.3) is 0 Å². The predicted octanol–water partition coefficient (Wildman–Crippen LogP) is 7.45. The summed E-state index contributed by atoms with van der Waals surface area (Å²) >= 11 is 19.5. The fourth-order valence-electron chi connectivity index (χ4n) is 2.83. The molecule has 0 aliphatic rings. The maximum absolute atomic E-state index is 13.0. The van der Waals surface area contributed by atoms with Crippen LogP contribution >= 0.6 is 46.1 Å². The van der Waals surface area contributed by atoms with Crippen LogP contribution in [0, 0.1) is 0 Å². The number of nitrogens with zero attached hydrogens (tertiary/aromatic N) is 2. The van der Waals surface area contributed by atoms with Gasteiger partial charge in [-0.15, -0.1) is 11.3 Å². The molecule has 0 aliphatic heterocycles. The van der Waals surface area contributed by atoms with E-state index in [0.717, 1.165) is 5.56 Å². The Balaban J connectivity index is 1.68. The molecule has 0 spiro atoms. The Kier molecular flexibility index (Phi) is 7.87. The quantitative estimate of drug-likeness (QED) is 0.352. The monoisotopic (exact) mass is 493 g/mol. The van der Waals surface area contributed by atoms with Gasteiger partial charge in [0.2, 0.25) is 0 Å². The van der Waals surface area contributed by atoms with Crippen LogP contribution in [0.25, 0.3) is 0 Å². The highest BCUT2D eigenvalue weighted by molar-refractivity contribution is 7.15. The maximum Gasteiger partial charge on any atom is 0.401 e. The van der Waals surface area contributed by atoms with Crippen molar-refractivity contribution in [3.8, 4) is 0 Å². The normalized spacial score (nSPS) is 11.8. The molecular weight excluding hydrogens is 478 g/mol. The van der Waals surface area contributed by atoms with Crippen LogP contribution in [0.5, 0.6) is 0 Å². The third-order valence-corrected chi connectivity index (χ3v) is 5.85. The van der Waals surface area contributed by atoms with E-state index in [0.29, 0.717) is 37.2 Å². The zero-order valence-electron chi connectivity index (χ0n) is 15.5. The summed E-state index contributed by atoms with van der Waals surface area (Å²) in [4.78, 5) is 6.29. The first-order valence-corrected chi connectivity index (χ1v) is 10.8. The van der Waals surface area contributed by atoms with Gasteiger partial charge >= 0.3 is 6.18 Å². The zero-order chi connectivity index (χ0) is 21.7. The highest BCUT2D eigenvalue weighted by Gasteiger charge is 2.30. The van der Waals surface area contributed by atoms with Crippen LogP contribution in [0.4, 0.5) is 24.0 Å². The van der Waals surface area contributed by atoms with Gasteiger partial charge in [-0.25, -0.2) is 4.98 Å². The van der Waals surface area contributed by atoms with Crippen LogP contribution in [-0.2, 0) is 13.0 Å². The van der Waals surface area contributed by atoms with E-state index in [9.17, 15) is 13.2 Å². The lowest BCUT2D eigenvalue weighted by Crippen LogP contribution is -2.35. The molecule has 1 aromatic heterocycles. The van der Waals surface area contributed by atoms with E-state index in [1.807, 2.05) is 30.3 Å². The van der Waals surface area contributed by atoms with Crippen LogP contribution < -0.4 is 5.32 Å². The first-order valence-electron chi connectivity index (χ1n) is 8.89. The minimum atomic E-state index is -4.28. The summed E-state index contributed by atoms with van der Waals surface area (Å²) in [6, 6.07) is 12.5. The fraction of sp³-hybridized carbons (Fsp3) is 0.250. The molecule has 0 unspecified atom stereocenters. The minimum Gasteiger partial charge on any atom is -0.329 e. The number of aromatic nitrogens is 1. The number of anilines is 2. The lowest BCUT2D eigenvalue weighted by molar-refractivity contribution is -0.147. The van der Waals surface area contributed by atoms with Gasteiger partial charge in [0.05, 0.1) is 22.3 Å². The highest BCUT2D eigenvalue weighted by atomic mass is 35.5. The van der Waals surface area contributed by atoms with Gasteiger partial charge in [-0.05, 0) is 24.1 Å². The molecule has 2 aromatic carbocycles. The molecule has 0 saturated carbocycles. The molecule has 160 valence electrons. The van der Waals surface area contributed by atoms with Crippen LogP contribution in [0.2, 0.25) is 15.1 Å². The van der Waals surface area contributed by atoms with E-state index >= 15 is 0 Å². The fourth-order valence-corrected chi connectivity index (χ4v) is 4.60. The summed E-state index contributed by atoms with van der Waals surface area (Å²) in [6.45, 7) is -0.581. The third-order valence-electron chi connectivity index (χ3n) is 4.13. The molecule has 1 N–H and O–H groups in total. The van der Waals surface area contributed by atoms with Crippen molar-refractivity contribution in [2.75, 3.05) is 18.4 Å². The van der Waals surface area contributed by atoms with Gasteiger partial charge in [0.1, 0.15) is 0 Å². The first-order chi connectivity index (χ1) is 14.2. The van der Waals surface area contributed by atoms with Gasteiger partial charge in [-0.3, -0.25) is 4.90 Å². The lowest BCUT2D eigenvalue weighted by atomic mass is 10.1. The third kappa shape index (κ3) is 7.03. The number of halogens is 6. The molecular formula is C20H17Cl3F3N3S. The summed E-state index contributed by atoms with van der Waals surface area (Å²) in [7, 11) is 0. The molecule has 0 atom stereocenters. The van der Waals surface area contributed by atoms with Crippen LogP contribution in [0.3, 0.4) is 0 Å². The summed E-state index contributed by atoms with van der Waals surface area (Å²) < 4.78 is 39.1. The molecule has 3 rings (SSSR count). The Hall–Kier alpha value is -1.51. The van der Waals surface area contributed by atoms with E-state index in [4.69, 9.17) is 34.8 Å². The number of benzene rings is 2. The van der Waals surface area contributed by atoms with Crippen molar-refractivity contribution in [1.29, 1.82) is 0 Å². The van der Waals surface area contributed by atoms with E-state index in [2.05, 4.69) is 10.3 Å². The Morgan fingerprint density at radius 2 is 1.70 bits per heavy atom. The number of hydrogen-bond acceptors (Lipinski definition) is 4. The number of nitrogens with one attached hydrogen (secondary N) is 1. The second kappa shape index (κ2) is 10.2. The lowest BCUT2D eigenvalue weighted by Gasteiger charge is -2.22. The van der Waals surface area contributed by atoms with Crippen molar-refractivity contribution in [3.63, 3.8) is 0 Å². The molecule has 0 aliphatic carbocycles. The highest BCUT2D eigenvalue weighted by Crippen LogP contribution is 2.36. The van der Waals surface area contributed by atoms with E-state index in [-0.39, 0.29) is 13.1 Å². The summed E-state index contributed by atoms with van der Waals surface area (Å²) in [5, 5.41) is 4.54. The Morgan fingerprint density at radius 3 is 2.33 bits per heavy atom. The van der Waals surface area contributed by atoms with E-state index in [1.165, 1.54) is 16.2 Å². The van der Waals surface area contributed by atoms with Crippen molar-refractivity contribution >= 4 is 57.0 Å². The van der Waals surface area contributed by atoms with Crippen molar-refractivity contribution in [2.45, 2.75) is 19.1 Å². The van der Waals surface area contributed by atoms with E-state index < -0.39 is 12.7 Å². The largest absolute Gasteiger partial charge is 0.401 e. The molecule has 3 aromatic rings. The Morgan fingerprint density at radius 1 is 1.03 bits per heavy atom. The molecule has 0 saturated heterocycles. The van der Waals surface area contributed by atoms with Crippen LogP contribution in [-0.4, -0.2) is 29.1 Å². The van der Waals surface area contributed by atoms with Crippen molar-refractivity contribution < 1.29 is 13.2 Å². The second-order valence-corrected chi connectivity index (χ2v) is 8.93. The van der Waals surface area contributed by atoms with Gasteiger partial charge in [-0.2, -0.15) is 13.2 Å². The maximum atomic E-state index is 13.0. The van der Waals surface area contributed by atoms with Gasteiger partial charge in [0.15, 0.2) is 5.13 Å². The van der Waals surface area contributed by atoms with Crippen LogP contribution in [0.1, 0.15) is 10.4 Å². The van der Waals surface area contributed by atoms with Gasteiger partial charge in [0, 0.05) is 29.2 Å². The van der Waals surface area contributed by atoms with Gasteiger partial charge in [-0.1, -0.05) is 65.1 Å². The molecule has 0 fully saturated rings. The predicted molar refractivity (Wildman–Crippen MR) is 118 cm³/mol. The Bertz CT molecular complexity index is 957. The van der Waals surface area contributed by atoms with E-state index in [1.54, 1.807) is 18.3 Å². The summed E-state index contributed by atoms with van der Waals surface area (Å²) in [5.74, 6) is 0. The van der Waals surface area contributed by atoms with Gasteiger partial charge < -0.3 is 5.32 Å². The average molecular weight is 495 g/mol. The number of rotatable bonds is 8. The number of thiazole rings is 1. The second-order valence-electron chi connectivity index (χ2n) is 6.56. The van der Waals surface area contributed by atoms with Crippen molar-refractivity contribution in [3.05, 3.63) is 74.2 Å². The topological polar surface area (TPSA) is 28.2 Å². The smallest absolute Gasteiger partial charge is 0.329 e.